The van der Waals surface area contributed by atoms with E-state index in [2.05, 4.69) is 0 Å². The molecule has 0 saturated carbocycles. The van der Waals surface area contributed by atoms with Gasteiger partial charge < -0.3 is 0 Å². The van der Waals surface area contributed by atoms with Crippen LogP contribution in [0.4, 0.5) is 4.39 Å². The minimum atomic E-state index is -0.507. The second-order valence-electron chi connectivity index (χ2n) is 5.84. The minimum Gasteiger partial charge on any atom is -0.298 e. The molecule has 0 bridgehead atoms. The van der Waals surface area contributed by atoms with Crippen LogP contribution in [0.1, 0.15) is 10.4 Å². The predicted octanol–water partition coefficient (Wildman–Crippen LogP) is 6.10. The number of hydrogen-bond donors (Lipinski definition) is 0. The van der Waals surface area contributed by atoms with Gasteiger partial charge in [-0.25, -0.2) is 9.37 Å². The molecule has 1 heterocycles. The number of carbonyl (C=O) groups excluding carboxylic acids is 1. The van der Waals surface area contributed by atoms with E-state index in [0.29, 0.717) is 6.29 Å². The van der Waals surface area contributed by atoms with Crippen LogP contribution >= 0.6 is 11.3 Å². The van der Waals surface area contributed by atoms with Gasteiger partial charge in [0.15, 0.2) is 6.29 Å². The Labute approximate surface area is 154 Å². The zero-order valence-electron chi connectivity index (χ0n) is 13.7. The van der Waals surface area contributed by atoms with Crippen molar-refractivity contribution in [3.05, 3.63) is 89.6 Å². The predicted molar refractivity (Wildman–Crippen MR) is 104 cm³/mol. The monoisotopic (exact) mass is 359 g/mol. The van der Waals surface area contributed by atoms with Crippen molar-refractivity contribution >= 4 is 17.6 Å². The van der Waals surface area contributed by atoms with E-state index in [4.69, 9.17) is 4.98 Å². The second kappa shape index (κ2) is 7.02. The van der Waals surface area contributed by atoms with Crippen molar-refractivity contribution in [1.29, 1.82) is 0 Å². The summed E-state index contributed by atoms with van der Waals surface area (Å²) in [5.74, 6) is -0.507. The Balaban J connectivity index is 1.71. The first kappa shape index (κ1) is 16.4. The van der Waals surface area contributed by atoms with Crippen molar-refractivity contribution in [1.82, 2.24) is 4.98 Å². The molecule has 0 atom stereocenters. The number of aldehydes is 1. The summed E-state index contributed by atoms with van der Waals surface area (Å²) in [6, 6.07) is 22.5. The van der Waals surface area contributed by atoms with Crippen molar-refractivity contribution in [3.8, 4) is 33.0 Å². The Hall–Kier alpha value is -3.11. The topological polar surface area (TPSA) is 30.0 Å². The summed E-state index contributed by atoms with van der Waals surface area (Å²) in [4.78, 5) is 15.7. The molecule has 0 radical (unpaired) electrons. The number of aromatic nitrogens is 1. The van der Waals surface area contributed by atoms with Gasteiger partial charge in [-0.15, -0.1) is 11.3 Å². The van der Waals surface area contributed by atoms with Gasteiger partial charge in [0.05, 0.1) is 11.3 Å². The molecule has 3 aromatic carbocycles. The van der Waals surface area contributed by atoms with Crippen LogP contribution in [0, 0.1) is 5.82 Å². The van der Waals surface area contributed by atoms with Crippen LogP contribution in [0.3, 0.4) is 0 Å². The maximum absolute atomic E-state index is 13.6. The van der Waals surface area contributed by atoms with Crippen LogP contribution in [0.15, 0.2) is 78.2 Å². The van der Waals surface area contributed by atoms with Gasteiger partial charge in [0.25, 0.3) is 0 Å². The number of benzene rings is 3. The van der Waals surface area contributed by atoms with E-state index in [0.717, 1.165) is 33.0 Å². The molecule has 4 aromatic rings. The third kappa shape index (κ3) is 3.19. The summed E-state index contributed by atoms with van der Waals surface area (Å²) in [7, 11) is 0. The number of hydrogen-bond acceptors (Lipinski definition) is 3. The fraction of sp³-hybridized carbons (Fsp3) is 0. The zero-order chi connectivity index (χ0) is 17.9. The first-order valence-corrected chi connectivity index (χ1v) is 8.99. The maximum Gasteiger partial charge on any atom is 0.153 e. The molecule has 126 valence electrons. The molecule has 4 heteroatoms. The second-order valence-corrected chi connectivity index (χ2v) is 6.70. The SMILES string of the molecule is O=Cc1cc(-c2cccc(-c3csc(-c4ccccc4)n3)c2)ccc1F. The number of halogens is 1. The first-order chi connectivity index (χ1) is 12.7. The molecule has 0 aliphatic carbocycles. The normalized spacial score (nSPS) is 10.7. The average molecular weight is 359 g/mol. The molecule has 2 nitrogen and oxygen atoms in total. The molecule has 4 rings (SSSR count). The molecular formula is C22H14FNOS. The lowest BCUT2D eigenvalue weighted by Gasteiger charge is -2.05. The van der Waals surface area contributed by atoms with E-state index >= 15 is 0 Å². The number of thiazole rings is 1. The van der Waals surface area contributed by atoms with Gasteiger partial charge in [0.1, 0.15) is 10.8 Å². The average Bonchev–Trinajstić information content (AvgIpc) is 3.19. The van der Waals surface area contributed by atoms with Gasteiger partial charge in [-0.05, 0) is 29.3 Å². The lowest BCUT2D eigenvalue weighted by Crippen LogP contribution is -1.89. The van der Waals surface area contributed by atoms with E-state index in [1.165, 1.54) is 6.07 Å². The summed E-state index contributed by atoms with van der Waals surface area (Å²) in [5.41, 5.74) is 4.75. The van der Waals surface area contributed by atoms with E-state index in [1.54, 1.807) is 23.5 Å². The first-order valence-electron chi connectivity index (χ1n) is 8.11. The molecular weight excluding hydrogens is 345 g/mol. The zero-order valence-corrected chi connectivity index (χ0v) is 14.5. The van der Waals surface area contributed by atoms with Crippen LogP contribution in [0.2, 0.25) is 0 Å². The Morgan fingerprint density at radius 3 is 2.35 bits per heavy atom. The Bertz CT molecular complexity index is 1070. The molecule has 0 unspecified atom stereocenters. The highest BCUT2D eigenvalue weighted by Crippen LogP contribution is 2.31. The van der Waals surface area contributed by atoms with Crippen LogP contribution in [-0.4, -0.2) is 11.3 Å². The van der Waals surface area contributed by atoms with Gasteiger partial charge in [-0.3, -0.25) is 4.79 Å². The van der Waals surface area contributed by atoms with Crippen molar-refractivity contribution in [2.24, 2.45) is 0 Å². The van der Waals surface area contributed by atoms with E-state index in [-0.39, 0.29) is 5.56 Å². The largest absolute Gasteiger partial charge is 0.298 e. The molecule has 0 aliphatic heterocycles. The Morgan fingerprint density at radius 2 is 1.54 bits per heavy atom. The molecule has 26 heavy (non-hydrogen) atoms. The van der Waals surface area contributed by atoms with Crippen LogP contribution < -0.4 is 0 Å². The van der Waals surface area contributed by atoms with Crippen molar-refractivity contribution in [2.75, 3.05) is 0 Å². The fourth-order valence-electron chi connectivity index (χ4n) is 2.79. The molecule has 0 fully saturated rings. The highest BCUT2D eigenvalue weighted by atomic mass is 32.1. The van der Waals surface area contributed by atoms with Crippen molar-refractivity contribution < 1.29 is 9.18 Å². The van der Waals surface area contributed by atoms with Gasteiger partial charge in [-0.1, -0.05) is 54.6 Å². The van der Waals surface area contributed by atoms with Crippen molar-refractivity contribution in [3.63, 3.8) is 0 Å². The lowest BCUT2D eigenvalue weighted by molar-refractivity contribution is 0.112. The third-order valence-corrected chi connectivity index (χ3v) is 5.03. The van der Waals surface area contributed by atoms with E-state index in [9.17, 15) is 9.18 Å². The lowest BCUT2D eigenvalue weighted by atomic mass is 10.0. The smallest absolute Gasteiger partial charge is 0.153 e. The molecule has 0 N–H and O–H groups in total. The summed E-state index contributed by atoms with van der Waals surface area (Å²) in [6.07, 6.45) is 0.537. The molecule has 0 saturated heterocycles. The van der Waals surface area contributed by atoms with Crippen molar-refractivity contribution in [2.45, 2.75) is 0 Å². The summed E-state index contributed by atoms with van der Waals surface area (Å²) in [6.45, 7) is 0. The fourth-order valence-corrected chi connectivity index (χ4v) is 3.63. The molecule has 0 amide bonds. The highest BCUT2D eigenvalue weighted by Gasteiger charge is 2.09. The van der Waals surface area contributed by atoms with E-state index < -0.39 is 5.82 Å². The van der Waals surface area contributed by atoms with Gasteiger partial charge in [0.2, 0.25) is 0 Å². The third-order valence-electron chi connectivity index (χ3n) is 4.14. The van der Waals surface area contributed by atoms with Crippen LogP contribution in [0.5, 0.6) is 0 Å². The standard InChI is InChI=1S/C22H14FNOS/c23-20-10-9-17(12-19(20)13-25)16-7-4-8-18(11-16)21-14-26-22(24-21)15-5-2-1-3-6-15/h1-14H. The summed E-state index contributed by atoms with van der Waals surface area (Å²) < 4.78 is 13.6. The molecule has 0 spiro atoms. The minimum absolute atomic E-state index is 0.0629. The van der Waals surface area contributed by atoms with Gasteiger partial charge >= 0.3 is 0 Å². The number of rotatable bonds is 4. The van der Waals surface area contributed by atoms with Gasteiger partial charge in [-0.2, -0.15) is 0 Å². The summed E-state index contributed by atoms with van der Waals surface area (Å²) >= 11 is 1.60. The molecule has 1 aromatic heterocycles. The van der Waals surface area contributed by atoms with Crippen LogP contribution in [0.25, 0.3) is 33.0 Å². The van der Waals surface area contributed by atoms with E-state index in [1.807, 2.05) is 60.0 Å². The summed E-state index contributed by atoms with van der Waals surface area (Å²) in [5, 5.41) is 3.00. The quantitative estimate of drug-likeness (QED) is 0.412. The number of nitrogens with zero attached hydrogens (tertiary/aromatic N) is 1. The highest BCUT2D eigenvalue weighted by molar-refractivity contribution is 7.13. The van der Waals surface area contributed by atoms with Gasteiger partial charge in [0, 0.05) is 16.5 Å². The number of carbonyl (C=O) groups is 1. The van der Waals surface area contributed by atoms with Crippen LogP contribution in [-0.2, 0) is 0 Å². The molecule has 0 aliphatic rings. The Kier molecular flexibility index (Phi) is 4.42. The maximum atomic E-state index is 13.6. The Morgan fingerprint density at radius 1 is 0.808 bits per heavy atom.